The van der Waals surface area contributed by atoms with Gasteiger partial charge in [0.05, 0.1) is 28.1 Å². The van der Waals surface area contributed by atoms with E-state index >= 15 is 0 Å². The van der Waals surface area contributed by atoms with Crippen molar-refractivity contribution in [2.75, 3.05) is 23.1 Å². The number of hydrogen-bond acceptors (Lipinski definition) is 5. The van der Waals surface area contributed by atoms with Crippen molar-refractivity contribution in [3.63, 3.8) is 0 Å². The third-order valence-electron chi connectivity index (χ3n) is 3.80. The van der Waals surface area contributed by atoms with Crippen molar-refractivity contribution >= 4 is 39.1 Å². The number of carbonyl (C=O) groups excluding carboxylic acids is 2. The molecule has 0 aromatic heterocycles. The van der Waals surface area contributed by atoms with Crippen LogP contribution in [0, 0.1) is 5.82 Å². The average molecular weight is 425 g/mol. The number of amides is 2. The number of sulfone groups is 1. The molecule has 0 heterocycles. The zero-order valence-corrected chi connectivity index (χ0v) is 17.1. The van der Waals surface area contributed by atoms with Crippen LogP contribution >= 0.6 is 11.8 Å². The minimum Gasteiger partial charge on any atom is -0.349 e. The van der Waals surface area contributed by atoms with Gasteiger partial charge in [-0.1, -0.05) is 24.3 Å². The first-order valence-electron chi connectivity index (χ1n) is 8.38. The first kappa shape index (κ1) is 21.9. The smallest absolute Gasteiger partial charge is 0.234 e. The maximum Gasteiger partial charge on any atom is 0.234 e. The lowest BCUT2D eigenvalue weighted by molar-refractivity contribution is -0.119. The molecule has 0 aliphatic heterocycles. The van der Waals surface area contributed by atoms with Gasteiger partial charge in [0.25, 0.3) is 0 Å². The number of carbonyl (C=O) groups is 2. The zero-order valence-electron chi connectivity index (χ0n) is 15.4. The SMILES string of the molecule is CC(NC(=O)CSCC(=O)Nc1ccccc1F)c1ccc(S(C)(=O)=O)cc1. The highest BCUT2D eigenvalue weighted by molar-refractivity contribution is 8.00. The Bertz CT molecular complexity index is 947. The van der Waals surface area contributed by atoms with Gasteiger partial charge in [0.15, 0.2) is 9.84 Å². The molecule has 9 heteroatoms. The summed E-state index contributed by atoms with van der Waals surface area (Å²) in [5, 5.41) is 5.24. The van der Waals surface area contributed by atoms with Gasteiger partial charge in [-0.05, 0) is 36.8 Å². The van der Waals surface area contributed by atoms with Gasteiger partial charge >= 0.3 is 0 Å². The highest BCUT2D eigenvalue weighted by Gasteiger charge is 2.13. The largest absolute Gasteiger partial charge is 0.349 e. The zero-order chi connectivity index (χ0) is 20.7. The maximum absolute atomic E-state index is 13.5. The summed E-state index contributed by atoms with van der Waals surface area (Å²) in [6, 6.07) is 11.8. The lowest BCUT2D eigenvalue weighted by Gasteiger charge is -2.14. The molecule has 0 spiro atoms. The normalized spacial score (nSPS) is 12.2. The Morgan fingerprint density at radius 1 is 1.04 bits per heavy atom. The molecule has 0 radical (unpaired) electrons. The van der Waals surface area contributed by atoms with E-state index in [1.165, 1.54) is 30.3 Å². The molecule has 28 heavy (non-hydrogen) atoms. The van der Waals surface area contributed by atoms with Gasteiger partial charge in [-0.3, -0.25) is 9.59 Å². The molecule has 0 saturated carbocycles. The molecule has 0 fully saturated rings. The monoisotopic (exact) mass is 424 g/mol. The predicted molar refractivity (Wildman–Crippen MR) is 108 cm³/mol. The molecule has 2 rings (SSSR count). The third-order valence-corrected chi connectivity index (χ3v) is 5.86. The van der Waals surface area contributed by atoms with Crippen LogP contribution in [0.2, 0.25) is 0 Å². The predicted octanol–water partition coefficient (Wildman–Crippen LogP) is 2.78. The number of rotatable bonds is 8. The fourth-order valence-corrected chi connectivity index (χ4v) is 3.61. The van der Waals surface area contributed by atoms with Crippen LogP contribution in [-0.4, -0.2) is 38.0 Å². The number of para-hydroxylation sites is 1. The van der Waals surface area contributed by atoms with E-state index in [0.29, 0.717) is 0 Å². The summed E-state index contributed by atoms with van der Waals surface area (Å²) < 4.78 is 36.4. The molecule has 1 unspecified atom stereocenters. The summed E-state index contributed by atoms with van der Waals surface area (Å²) in [6.45, 7) is 1.78. The van der Waals surface area contributed by atoms with Crippen molar-refractivity contribution in [2.24, 2.45) is 0 Å². The molecule has 2 aromatic carbocycles. The number of nitrogens with one attached hydrogen (secondary N) is 2. The third kappa shape index (κ3) is 6.65. The first-order valence-corrected chi connectivity index (χ1v) is 11.4. The Hall–Kier alpha value is -2.39. The van der Waals surface area contributed by atoms with Gasteiger partial charge in [-0.25, -0.2) is 12.8 Å². The Kier molecular flexibility index (Phi) is 7.59. The van der Waals surface area contributed by atoms with Gasteiger partial charge in [-0.2, -0.15) is 0 Å². The lowest BCUT2D eigenvalue weighted by Crippen LogP contribution is -2.28. The molecule has 2 N–H and O–H groups in total. The van der Waals surface area contributed by atoms with Crippen molar-refractivity contribution in [1.29, 1.82) is 0 Å². The number of thioether (sulfide) groups is 1. The second-order valence-corrected chi connectivity index (χ2v) is 9.15. The highest BCUT2D eigenvalue weighted by atomic mass is 32.2. The van der Waals surface area contributed by atoms with Crippen molar-refractivity contribution < 1.29 is 22.4 Å². The van der Waals surface area contributed by atoms with E-state index in [4.69, 9.17) is 0 Å². The van der Waals surface area contributed by atoms with E-state index in [9.17, 15) is 22.4 Å². The molecule has 1 atom stereocenters. The van der Waals surface area contributed by atoms with Crippen LogP contribution in [0.4, 0.5) is 10.1 Å². The summed E-state index contributed by atoms with van der Waals surface area (Å²) in [7, 11) is -3.27. The fraction of sp³-hybridized carbons (Fsp3) is 0.263. The van der Waals surface area contributed by atoms with E-state index in [0.717, 1.165) is 23.6 Å². The fourth-order valence-electron chi connectivity index (χ4n) is 2.36. The molecule has 2 amide bonds. The topological polar surface area (TPSA) is 92.3 Å². The molecule has 0 saturated heterocycles. The number of anilines is 1. The summed E-state index contributed by atoms with van der Waals surface area (Å²) >= 11 is 1.11. The summed E-state index contributed by atoms with van der Waals surface area (Å²) in [5.74, 6) is -1.10. The number of hydrogen-bond donors (Lipinski definition) is 2. The van der Waals surface area contributed by atoms with E-state index in [2.05, 4.69) is 10.6 Å². The van der Waals surface area contributed by atoms with Gasteiger partial charge in [0.1, 0.15) is 5.82 Å². The molecule has 0 aliphatic rings. The van der Waals surface area contributed by atoms with Gasteiger partial charge in [0, 0.05) is 6.26 Å². The van der Waals surface area contributed by atoms with Crippen molar-refractivity contribution in [3.05, 3.63) is 59.9 Å². The van der Waals surface area contributed by atoms with E-state index < -0.39 is 21.6 Å². The first-order chi connectivity index (χ1) is 13.2. The van der Waals surface area contributed by atoms with Crippen LogP contribution in [-0.2, 0) is 19.4 Å². The summed E-state index contributed by atoms with van der Waals surface area (Å²) in [5.41, 5.74) is 0.867. The number of halogens is 1. The van der Waals surface area contributed by atoms with Crippen molar-refractivity contribution in [3.8, 4) is 0 Å². The average Bonchev–Trinajstić information content (AvgIpc) is 2.63. The van der Waals surface area contributed by atoms with Crippen molar-refractivity contribution in [2.45, 2.75) is 17.9 Å². The molecular weight excluding hydrogens is 403 g/mol. The van der Waals surface area contributed by atoms with Crippen LogP contribution in [0.15, 0.2) is 53.4 Å². The Morgan fingerprint density at radius 3 is 2.25 bits per heavy atom. The molecular formula is C19H21FN2O4S2. The van der Waals surface area contributed by atoms with Gasteiger partial charge < -0.3 is 10.6 Å². The minimum atomic E-state index is -3.27. The van der Waals surface area contributed by atoms with E-state index in [-0.39, 0.29) is 34.0 Å². The quantitative estimate of drug-likeness (QED) is 0.680. The minimum absolute atomic E-state index is 0.0131. The Labute approximate surface area is 167 Å². The second-order valence-electron chi connectivity index (χ2n) is 6.15. The molecule has 0 aliphatic carbocycles. The van der Waals surface area contributed by atoms with Gasteiger partial charge in [0.2, 0.25) is 11.8 Å². The standard InChI is InChI=1S/C19H21FN2O4S2/c1-13(14-7-9-15(10-8-14)28(2,25)26)21-18(23)11-27-12-19(24)22-17-6-4-3-5-16(17)20/h3-10,13H,11-12H2,1-2H3,(H,21,23)(H,22,24). The molecule has 6 nitrogen and oxygen atoms in total. The maximum atomic E-state index is 13.5. The lowest BCUT2D eigenvalue weighted by atomic mass is 10.1. The van der Waals surface area contributed by atoms with Crippen LogP contribution in [0.5, 0.6) is 0 Å². The molecule has 150 valence electrons. The van der Waals surface area contributed by atoms with Gasteiger partial charge in [-0.15, -0.1) is 11.8 Å². The summed E-state index contributed by atoms with van der Waals surface area (Å²) in [6.07, 6.45) is 1.13. The molecule has 0 bridgehead atoms. The summed E-state index contributed by atoms with van der Waals surface area (Å²) in [4.78, 5) is 24.1. The van der Waals surface area contributed by atoms with E-state index in [1.807, 2.05) is 0 Å². The van der Waals surface area contributed by atoms with Crippen LogP contribution in [0.25, 0.3) is 0 Å². The second kappa shape index (κ2) is 9.70. The Morgan fingerprint density at radius 2 is 1.64 bits per heavy atom. The molecule has 2 aromatic rings. The van der Waals surface area contributed by atoms with Crippen molar-refractivity contribution in [1.82, 2.24) is 5.32 Å². The Balaban J connectivity index is 1.77. The van der Waals surface area contributed by atoms with Crippen LogP contribution < -0.4 is 10.6 Å². The van der Waals surface area contributed by atoms with Crippen LogP contribution in [0.1, 0.15) is 18.5 Å². The van der Waals surface area contributed by atoms with E-state index in [1.54, 1.807) is 25.1 Å². The highest BCUT2D eigenvalue weighted by Crippen LogP contribution is 2.17. The number of benzene rings is 2. The van der Waals surface area contributed by atoms with Crippen LogP contribution in [0.3, 0.4) is 0 Å².